The van der Waals surface area contributed by atoms with Crippen molar-refractivity contribution in [1.82, 2.24) is 0 Å². The second kappa shape index (κ2) is 5.19. The maximum Gasteiger partial charge on any atom is -0.0196 e. The van der Waals surface area contributed by atoms with E-state index in [4.69, 9.17) is 0 Å². The lowest BCUT2D eigenvalue weighted by atomic mass is 9.89. The fourth-order valence-corrected chi connectivity index (χ4v) is 2.30. The summed E-state index contributed by atoms with van der Waals surface area (Å²) < 4.78 is 0. The average Bonchev–Trinajstić information content (AvgIpc) is 2.29. The van der Waals surface area contributed by atoms with Crippen LogP contribution >= 0.6 is 0 Å². The lowest BCUT2D eigenvalue weighted by Gasteiger charge is -2.16. The molecule has 0 nitrogen and oxygen atoms in total. The van der Waals surface area contributed by atoms with E-state index in [0.29, 0.717) is 0 Å². The van der Waals surface area contributed by atoms with E-state index in [1.165, 1.54) is 38.5 Å². The Bertz CT molecular complexity index is 219. The molecular formula is C14H20. The summed E-state index contributed by atoms with van der Waals surface area (Å²) in [7, 11) is 0. The van der Waals surface area contributed by atoms with Gasteiger partial charge in [0, 0.05) is 0 Å². The molecule has 2 aliphatic rings. The summed E-state index contributed by atoms with van der Waals surface area (Å²) in [6.45, 7) is 0. The van der Waals surface area contributed by atoms with Gasteiger partial charge in [0.1, 0.15) is 0 Å². The van der Waals surface area contributed by atoms with E-state index in [2.05, 4.69) is 36.5 Å². The molecule has 0 fully saturated rings. The monoisotopic (exact) mass is 188 g/mol. The van der Waals surface area contributed by atoms with Crippen molar-refractivity contribution in [3.63, 3.8) is 0 Å². The Morgan fingerprint density at radius 2 is 1.21 bits per heavy atom. The SMILES string of the molecule is C1=CCC(/C=C/C2CC=CCC2)CC1. The Morgan fingerprint density at radius 1 is 0.714 bits per heavy atom. The molecule has 0 aromatic heterocycles. The van der Waals surface area contributed by atoms with E-state index in [0.717, 1.165) is 11.8 Å². The van der Waals surface area contributed by atoms with Gasteiger partial charge in [-0.05, 0) is 50.4 Å². The molecule has 0 aliphatic heterocycles. The molecule has 0 heteroatoms. The molecule has 0 aromatic carbocycles. The molecule has 0 heterocycles. The first-order valence-corrected chi connectivity index (χ1v) is 5.93. The van der Waals surface area contributed by atoms with Crippen LogP contribution in [0.5, 0.6) is 0 Å². The van der Waals surface area contributed by atoms with E-state index < -0.39 is 0 Å². The summed E-state index contributed by atoms with van der Waals surface area (Å²) in [5.74, 6) is 1.65. The molecular weight excluding hydrogens is 168 g/mol. The zero-order chi connectivity index (χ0) is 9.64. The predicted molar refractivity (Wildman–Crippen MR) is 62.1 cm³/mol. The van der Waals surface area contributed by atoms with Crippen molar-refractivity contribution in [3.8, 4) is 0 Å². The van der Waals surface area contributed by atoms with Crippen LogP contribution in [-0.2, 0) is 0 Å². The molecule has 0 spiro atoms. The molecule has 0 bridgehead atoms. The lowest BCUT2D eigenvalue weighted by Crippen LogP contribution is -2.02. The summed E-state index contributed by atoms with van der Waals surface area (Å²) in [5, 5.41) is 0. The van der Waals surface area contributed by atoms with Crippen molar-refractivity contribution < 1.29 is 0 Å². The van der Waals surface area contributed by atoms with Crippen LogP contribution in [0.1, 0.15) is 38.5 Å². The molecule has 14 heavy (non-hydrogen) atoms. The van der Waals surface area contributed by atoms with Gasteiger partial charge in [0.15, 0.2) is 0 Å². The minimum absolute atomic E-state index is 0.825. The molecule has 0 amide bonds. The molecule has 0 saturated carbocycles. The van der Waals surface area contributed by atoms with Crippen molar-refractivity contribution in [2.24, 2.45) is 11.8 Å². The number of rotatable bonds is 2. The maximum absolute atomic E-state index is 2.47. The second-order valence-electron chi connectivity index (χ2n) is 4.47. The zero-order valence-corrected chi connectivity index (χ0v) is 8.86. The maximum atomic E-state index is 2.47. The van der Waals surface area contributed by atoms with Crippen LogP contribution in [0.4, 0.5) is 0 Å². The van der Waals surface area contributed by atoms with E-state index >= 15 is 0 Å². The van der Waals surface area contributed by atoms with Gasteiger partial charge in [-0.3, -0.25) is 0 Å². The van der Waals surface area contributed by atoms with Gasteiger partial charge in [-0.15, -0.1) is 0 Å². The topological polar surface area (TPSA) is 0 Å². The number of allylic oxidation sites excluding steroid dienone is 6. The third-order valence-corrected chi connectivity index (χ3v) is 3.27. The summed E-state index contributed by atoms with van der Waals surface area (Å²) in [6.07, 6.45) is 22.0. The van der Waals surface area contributed by atoms with Gasteiger partial charge in [0.05, 0.1) is 0 Å². The fraction of sp³-hybridized carbons (Fsp3) is 0.571. The molecule has 2 aliphatic carbocycles. The summed E-state index contributed by atoms with van der Waals surface area (Å²) >= 11 is 0. The Kier molecular flexibility index (Phi) is 3.62. The van der Waals surface area contributed by atoms with Crippen LogP contribution in [0.2, 0.25) is 0 Å². The van der Waals surface area contributed by atoms with E-state index in [-0.39, 0.29) is 0 Å². The van der Waals surface area contributed by atoms with Gasteiger partial charge in [-0.25, -0.2) is 0 Å². The van der Waals surface area contributed by atoms with Crippen LogP contribution in [0, 0.1) is 11.8 Å². The van der Waals surface area contributed by atoms with Crippen LogP contribution in [0.3, 0.4) is 0 Å². The van der Waals surface area contributed by atoms with Crippen molar-refractivity contribution in [3.05, 3.63) is 36.5 Å². The van der Waals surface area contributed by atoms with E-state index in [1.807, 2.05) is 0 Å². The highest BCUT2D eigenvalue weighted by atomic mass is 14.1. The van der Waals surface area contributed by atoms with Gasteiger partial charge >= 0.3 is 0 Å². The van der Waals surface area contributed by atoms with E-state index in [9.17, 15) is 0 Å². The highest BCUT2D eigenvalue weighted by molar-refractivity contribution is 5.03. The highest BCUT2D eigenvalue weighted by Gasteiger charge is 2.08. The van der Waals surface area contributed by atoms with Crippen LogP contribution in [0.25, 0.3) is 0 Å². The minimum Gasteiger partial charge on any atom is -0.0885 e. The van der Waals surface area contributed by atoms with Crippen molar-refractivity contribution in [2.75, 3.05) is 0 Å². The summed E-state index contributed by atoms with van der Waals surface area (Å²) in [6, 6.07) is 0. The molecule has 76 valence electrons. The Morgan fingerprint density at radius 3 is 1.57 bits per heavy atom. The summed E-state index contributed by atoms with van der Waals surface area (Å²) in [4.78, 5) is 0. The highest BCUT2D eigenvalue weighted by Crippen LogP contribution is 2.23. The van der Waals surface area contributed by atoms with Crippen molar-refractivity contribution in [2.45, 2.75) is 38.5 Å². The molecule has 2 rings (SSSR count). The first-order valence-electron chi connectivity index (χ1n) is 5.93. The minimum atomic E-state index is 0.825. The third kappa shape index (κ3) is 2.87. The van der Waals surface area contributed by atoms with Gasteiger partial charge in [0.25, 0.3) is 0 Å². The molecule has 0 saturated heterocycles. The number of hydrogen-bond acceptors (Lipinski definition) is 0. The van der Waals surface area contributed by atoms with Crippen LogP contribution in [0.15, 0.2) is 36.5 Å². The first kappa shape index (κ1) is 9.76. The zero-order valence-electron chi connectivity index (χ0n) is 8.86. The van der Waals surface area contributed by atoms with Gasteiger partial charge < -0.3 is 0 Å². The molecule has 0 N–H and O–H groups in total. The van der Waals surface area contributed by atoms with E-state index in [1.54, 1.807) is 0 Å². The number of hydrogen-bond donors (Lipinski definition) is 0. The Labute approximate surface area is 87.4 Å². The molecule has 0 aromatic rings. The van der Waals surface area contributed by atoms with Gasteiger partial charge in [-0.2, -0.15) is 0 Å². The lowest BCUT2D eigenvalue weighted by molar-refractivity contribution is 0.553. The third-order valence-electron chi connectivity index (χ3n) is 3.27. The van der Waals surface area contributed by atoms with Crippen molar-refractivity contribution >= 4 is 0 Å². The Hall–Kier alpha value is -0.780. The average molecular weight is 188 g/mol. The van der Waals surface area contributed by atoms with Gasteiger partial charge in [-0.1, -0.05) is 36.5 Å². The standard InChI is InChI=1S/C14H20/c1-3-7-13(8-4-1)11-12-14-9-5-2-6-10-14/h1-3,5,11-14H,4,6-10H2/b12-11+. The predicted octanol–water partition coefficient (Wildman–Crippen LogP) is 4.26. The fourth-order valence-electron chi connectivity index (χ4n) is 2.30. The Balaban J connectivity index is 1.80. The normalized spacial score (nSPS) is 32.6. The quantitative estimate of drug-likeness (QED) is 0.568. The second-order valence-corrected chi connectivity index (χ2v) is 4.47. The first-order chi connectivity index (χ1) is 6.95. The van der Waals surface area contributed by atoms with Gasteiger partial charge in [0.2, 0.25) is 0 Å². The smallest absolute Gasteiger partial charge is 0.0196 e. The van der Waals surface area contributed by atoms with Crippen LogP contribution < -0.4 is 0 Å². The summed E-state index contributed by atoms with van der Waals surface area (Å²) in [5.41, 5.74) is 0. The molecule has 0 radical (unpaired) electrons. The van der Waals surface area contributed by atoms with Crippen molar-refractivity contribution in [1.29, 1.82) is 0 Å². The molecule has 2 unspecified atom stereocenters. The largest absolute Gasteiger partial charge is 0.0885 e. The molecule has 2 atom stereocenters. The van der Waals surface area contributed by atoms with Crippen LogP contribution in [-0.4, -0.2) is 0 Å².